The van der Waals surface area contributed by atoms with Gasteiger partial charge in [0.1, 0.15) is 0 Å². The second kappa shape index (κ2) is 9.77. The Morgan fingerprint density at radius 3 is 2.39 bits per heavy atom. The Bertz CT molecular complexity index is 1160. The fourth-order valence-corrected chi connectivity index (χ4v) is 4.41. The van der Waals surface area contributed by atoms with Crippen molar-refractivity contribution in [1.29, 1.82) is 0 Å². The lowest BCUT2D eigenvalue weighted by atomic mass is 10.2. The molecular formula is C25H29N3O3. The van der Waals surface area contributed by atoms with Crippen LogP contribution in [0.5, 0.6) is 0 Å². The Balaban J connectivity index is 1.50. The first-order valence-corrected chi connectivity index (χ1v) is 11.2. The van der Waals surface area contributed by atoms with Crippen molar-refractivity contribution in [2.24, 2.45) is 0 Å². The topological polar surface area (TPSA) is 73.1 Å². The molecule has 3 aromatic rings. The van der Waals surface area contributed by atoms with E-state index in [0.29, 0.717) is 49.3 Å². The van der Waals surface area contributed by atoms with Gasteiger partial charge in [0.15, 0.2) is 0 Å². The highest BCUT2D eigenvalue weighted by Crippen LogP contribution is 2.17. The first kappa shape index (κ1) is 21.1. The van der Waals surface area contributed by atoms with Crippen molar-refractivity contribution in [2.45, 2.75) is 64.1 Å². The zero-order chi connectivity index (χ0) is 21.6. The van der Waals surface area contributed by atoms with Crippen molar-refractivity contribution in [1.82, 2.24) is 14.5 Å². The summed E-state index contributed by atoms with van der Waals surface area (Å²) in [7, 11) is 0. The van der Waals surface area contributed by atoms with E-state index in [1.165, 1.54) is 17.4 Å². The maximum Gasteiger partial charge on any atom is 0.331 e. The Morgan fingerprint density at radius 1 is 0.903 bits per heavy atom. The van der Waals surface area contributed by atoms with E-state index in [0.717, 1.165) is 18.4 Å². The highest BCUT2D eigenvalue weighted by atomic mass is 16.2. The van der Waals surface area contributed by atoms with Crippen LogP contribution < -0.4 is 16.6 Å². The van der Waals surface area contributed by atoms with Crippen LogP contribution in [0.3, 0.4) is 0 Å². The van der Waals surface area contributed by atoms with Crippen LogP contribution in [0.1, 0.15) is 50.5 Å². The van der Waals surface area contributed by atoms with Crippen LogP contribution in [0, 0.1) is 0 Å². The van der Waals surface area contributed by atoms with Crippen molar-refractivity contribution in [2.75, 3.05) is 0 Å². The van der Waals surface area contributed by atoms with E-state index in [9.17, 15) is 14.4 Å². The molecule has 0 spiro atoms. The van der Waals surface area contributed by atoms with Gasteiger partial charge in [-0.05, 0) is 43.4 Å². The van der Waals surface area contributed by atoms with E-state index < -0.39 is 0 Å². The fraction of sp³-hybridized carbons (Fsp3) is 0.400. The number of nitrogens with zero attached hydrogens (tertiary/aromatic N) is 2. The number of rotatable bonds is 8. The van der Waals surface area contributed by atoms with Gasteiger partial charge in [0, 0.05) is 19.0 Å². The van der Waals surface area contributed by atoms with Gasteiger partial charge in [0.25, 0.3) is 5.56 Å². The molecule has 0 saturated heterocycles. The molecule has 1 aliphatic carbocycles. The maximum absolute atomic E-state index is 13.2. The average Bonchev–Trinajstić information content (AvgIpc) is 3.30. The van der Waals surface area contributed by atoms with Crippen LogP contribution in [0.15, 0.2) is 64.2 Å². The predicted octanol–water partition coefficient (Wildman–Crippen LogP) is 3.44. The van der Waals surface area contributed by atoms with Gasteiger partial charge < -0.3 is 5.32 Å². The van der Waals surface area contributed by atoms with Crippen LogP contribution in [0.4, 0.5) is 0 Å². The number of hydrogen-bond acceptors (Lipinski definition) is 3. The molecule has 1 saturated carbocycles. The molecule has 0 aliphatic heterocycles. The van der Waals surface area contributed by atoms with E-state index in [1.54, 1.807) is 10.6 Å². The fourth-order valence-electron chi connectivity index (χ4n) is 4.41. The Hall–Kier alpha value is -3.15. The number of carbonyl (C=O) groups excluding carboxylic acids is 1. The molecular weight excluding hydrogens is 390 g/mol. The number of amides is 1. The molecule has 31 heavy (non-hydrogen) atoms. The molecule has 1 amide bonds. The lowest BCUT2D eigenvalue weighted by molar-refractivity contribution is -0.121. The highest BCUT2D eigenvalue weighted by molar-refractivity contribution is 5.78. The number of unbranched alkanes of at least 4 members (excludes halogenated alkanes) is 1. The van der Waals surface area contributed by atoms with Gasteiger partial charge in [-0.25, -0.2) is 4.79 Å². The van der Waals surface area contributed by atoms with E-state index in [2.05, 4.69) is 5.32 Å². The minimum absolute atomic E-state index is 0.0687. The number of hydrogen-bond donors (Lipinski definition) is 1. The average molecular weight is 420 g/mol. The summed E-state index contributed by atoms with van der Waals surface area (Å²) in [5, 5.41) is 3.63. The first-order chi connectivity index (χ1) is 15.1. The molecule has 1 aromatic heterocycles. The molecule has 0 atom stereocenters. The van der Waals surface area contributed by atoms with Crippen molar-refractivity contribution < 1.29 is 4.79 Å². The maximum atomic E-state index is 13.2. The largest absolute Gasteiger partial charge is 0.353 e. The molecule has 1 heterocycles. The van der Waals surface area contributed by atoms with Gasteiger partial charge in [-0.2, -0.15) is 0 Å². The summed E-state index contributed by atoms with van der Waals surface area (Å²) in [5.74, 6) is 0.0687. The smallest absolute Gasteiger partial charge is 0.331 e. The third-order valence-electron chi connectivity index (χ3n) is 6.07. The Kier molecular flexibility index (Phi) is 6.65. The quantitative estimate of drug-likeness (QED) is 0.569. The molecule has 6 heteroatoms. The zero-order valence-electron chi connectivity index (χ0n) is 17.8. The minimum Gasteiger partial charge on any atom is -0.353 e. The third-order valence-corrected chi connectivity index (χ3v) is 6.07. The summed E-state index contributed by atoms with van der Waals surface area (Å²) in [5.41, 5.74) is 1.08. The molecule has 4 rings (SSSR count). The van der Waals surface area contributed by atoms with Crippen molar-refractivity contribution in [3.05, 3.63) is 81.0 Å². The number of para-hydroxylation sites is 1. The summed E-state index contributed by atoms with van der Waals surface area (Å²) in [6.07, 6.45) is 6.19. The molecule has 0 unspecified atom stereocenters. The van der Waals surface area contributed by atoms with Crippen LogP contribution in [-0.4, -0.2) is 21.1 Å². The van der Waals surface area contributed by atoms with Gasteiger partial charge in [-0.1, -0.05) is 55.3 Å². The second-order valence-corrected chi connectivity index (χ2v) is 8.33. The monoisotopic (exact) mass is 419 g/mol. The summed E-state index contributed by atoms with van der Waals surface area (Å²) in [6.45, 7) is 0.720. The van der Waals surface area contributed by atoms with E-state index in [4.69, 9.17) is 0 Å². The predicted molar refractivity (Wildman–Crippen MR) is 122 cm³/mol. The van der Waals surface area contributed by atoms with Gasteiger partial charge in [-0.3, -0.25) is 18.7 Å². The van der Waals surface area contributed by atoms with Gasteiger partial charge >= 0.3 is 5.69 Å². The highest BCUT2D eigenvalue weighted by Gasteiger charge is 2.17. The minimum atomic E-state index is -0.303. The molecule has 1 aliphatic rings. The zero-order valence-corrected chi connectivity index (χ0v) is 17.8. The SMILES string of the molecule is O=C(CCCCn1c(=O)c2ccccc2n(Cc2ccccc2)c1=O)NC1CCCC1. The summed E-state index contributed by atoms with van der Waals surface area (Å²) in [4.78, 5) is 38.3. The van der Waals surface area contributed by atoms with Crippen LogP contribution in [0.2, 0.25) is 0 Å². The molecule has 1 N–H and O–H groups in total. The van der Waals surface area contributed by atoms with Crippen LogP contribution in [0.25, 0.3) is 10.9 Å². The van der Waals surface area contributed by atoms with Crippen LogP contribution >= 0.6 is 0 Å². The Morgan fingerprint density at radius 2 is 1.61 bits per heavy atom. The Labute approximate surface area is 181 Å². The van der Waals surface area contributed by atoms with Gasteiger partial charge in [0.05, 0.1) is 17.4 Å². The summed E-state index contributed by atoms with van der Waals surface area (Å²) >= 11 is 0. The number of nitrogens with one attached hydrogen (secondary N) is 1. The molecule has 6 nitrogen and oxygen atoms in total. The molecule has 0 bridgehead atoms. The van der Waals surface area contributed by atoms with Gasteiger partial charge in [0.2, 0.25) is 5.91 Å². The normalized spacial score (nSPS) is 14.2. The lowest BCUT2D eigenvalue weighted by Gasteiger charge is -2.14. The van der Waals surface area contributed by atoms with Gasteiger partial charge in [-0.15, -0.1) is 0 Å². The van der Waals surface area contributed by atoms with E-state index in [-0.39, 0.29) is 17.2 Å². The van der Waals surface area contributed by atoms with E-state index >= 15 is 0 Å². The molecule has 1 fully saturated rings. The van der Waals surface area contributed by atoms with Crippen molar-refractivity contribution in [3.63, 3.8) is 0 Å². The van der Waals surface area contributed by atoms with Crippen LogP contribution in [-0.2, 0) is 17.9 Å². The second-order valence-electron chi connectivity index (χ2n) is 8.33. The number of aromatic nitrogens is 2. The summed E-state index contributed by atoms with van der Waals surface area (Å²) < 4.78 is 2.99. The van der Waals surface area contributed by atoms with Crippen molar-refractivity contribution in [3.8, 4) is 0 Å². The molecule has 2 aromatic carbocycles. The first-order valence-electron chi connectivity index (χ1n) is 11.2. The lowest BCUT2D eigenvalue weighted by Crippen LogP contribution is -2.40. The number of benzene rings is 2. The number of carbonyl (C=O) groups is 1. The van der Waals surface area contributed by atoms with E-state index in [1.807, 2.05) is 48.5 Å². The summed E-state index contributed by atoms with van der Waals surface area (Å²) in [6, 6.07) is 17.3. The number of fused-ring (bicyclic) bond motifs is 1. The standard InChI is InChI=1S/C25H29N3O3/c29-23(26-20-12-4-5-13-20)16-8-9-17-27-24(30)21-14-6-7-15-22(21)28(25(27)31)18-19-10-2-1-3-11-19/h1-3,6-7,10-11,14-15,20H,4-5,8-9,12-13,16-18H2,(H,26,29). The molecule has 162 valence electrons. The third kappa shape index (κ3) is 4.95. The van der Waals surface area contributed by atoms with Crippen molar-refractivity contribution >= 4 is 16.8 Å². The molecule has 0 radical (unpaired) electrons.